The maximum atomic E-state index is 11.8. The molecule has 26 heavy (non-hydrogen) atoms. The van der Waals surface area contributed by atoms with E-state index in [-0.39, 0.29) is 6.42 Å². The van der Waals surface area contributed by atoms with Gasteiger partial charge < -0.3 is 15.1 Å². The number of unbranched alkanes of at least 4 members (excludes halogenated alkanes) is 2. The molecule has 0 bridgehead atoms. The summed E-state index contributed by atoms with van der Waals surface area (Å²) in [6.07, 6.45) is 7.06. The third kappa shape index (κ3) is 4.31. The summed E-state index contributed by atoms with van der Waals surface area (Å²) in [5.74, 6) is -2.63. The molecule has 1 aliphatic carbocycles. The van der Waals surface area contributed by atoms with Gasteiger partial charge in [0.2, 0.25) is 0 Å². The lowest BCUT2D eigenvalue weighted by molar-refractivity contribution is -0.158. The van der Waals surface area contributed by atoms with Crippen LogP contribution in [0.2, 0.25) is 0 Å². The fraction of sp³-hybridized carbons (Fsp3) is 0.450. The number of aliphatic carboxylic acids is 2. The summed E-state index contributed by atoms with van der Waals surface area (Å²) in [5.41, 5.74) is 0.573. The maximum Gasteiger partial charge on any atom is 0.325 e. The van der Waals surface area contributed by atoms with Gasteiger partial charge in [0.15, 0.2) is 5.41 Å². The van der Waals surface area contributed by atoms with E-state index in [1.807, 2.05) is 0 Å². The molecule has 1 aromatic rings. The summed E-state index contributed by atoms with van der Waals surface area (Å²) < 4.78 is 0. The normalized spacial score (nSPS) is 15.7. The average Bonchev–Trinajstić information content (AvgIpc) is 3.06. The number of carboxylic acid groups (broad SMARTS) is 2. The summed E-state index contributed by atoms with van der Waals surface area (Å²) >= 11 is 0. The maximum absolute atomic E-state index is 11.8. The number of oxime groups is 1. The highest BCUT2D eigenvalue weighted by atomic mass is 16.6. The third-order valence-corrected chi connectivity index (χ3v) is 4.84. The van der Waals surface area contributed by atoms with Gasteiger partial charge in [-0.2, -0.15) is 0 Å². The van der Waals surface area contributed by atoms with Gasteiger partial charge in [-0.3, -0.25) is 9.59 Å². The summed E-state index contributed by atoms with van der Waals surface area (Å²) in [6, 6.07) is 8.21. The van der Waals surface area contributed by atoms with Crippen LogP contribution >= 0.6 is 0 Å². The van der Waals surface area contributed by atoms with Gasteiger partial charge in [-0.05, 0) is 43.2 Å². The number of carbonyl (C=O) groups is 2. The van der Waals surface area contributed by atoms with E-state index in [1.54, 1.807) is 30.3 Å². The molecule has 1 aliphatic rings. The SMILES string of the molecule is CON=C1CCC=C1CCCCCC(C(=O)O)(C(=O)O)c1ccccc1. The molecule has 0 atom stereocenters. The molecule has 0 spiro atoms. The Hall–Kier alpha value is -2.63. The number of benzene rings is 1. The zero-order chi connectivity index (χ0) is 19.0. The molecule has 0 unspecified atom stereocenters. The van der Waals surface area contributed by atoms with E-state index in [1.165, 1.54) is 12.7 Å². The van der Waals surface area contributed by atoms with E-state index in [4.69, 9.17) is 4.84 Å². The van der Waals surface area contributed by atoms with Gasteiger partial charge in [0.25, 0.3) is 0 Å². The van der Waals surface area contributed by atoms with Crippen LogP contribution in [0, 0.1) is 0 Å². The molecule has 2 rings (SSSR count). The van der Waals surface area contributed by atoms with E-state index in [9.17, 15) is 19.8 Å². The molecule has 2 N–H and O–H groups in total. The summed E-state index contributed by atoms with van der Waals surface area (Å²) in [4.78, 5) is 28.5. The summed E-state index contributed by atoms with van der Waals surface area (Å²) in [7, 11) is 1.53. The van der Waals surface area contributed by atoms with Gasteiger partial charge in [-0.25, -0.2) is 0 Å². The molecule has 0 fully saturated rings. The van der Waals surface area contributed by atoms with Gasteiger partial charge in [-0.1, -0.05) is 54.4 Å². The minimum absolute atomic E-state index is 0.0692. The topological polar surface area (TPSA) is 96.2 Å². The van der Waals surface area contributed by atoms with E-state index >= 15 is 0 Å². The quantitative estimate of drug-likeness (QED) is 0.377. The molecule has 0 heterocycles. The first kappa shape index (κ1) is 19.7. The molecule has 0 aromatic heterocycles. The van der Waals surface area contributed by atoms with E-state index in [2.05, 4.69) is 11.2 Å². The van der Waals surface area contributed by atoms with Crippen LogP contribution in [-0.4, -0.2) is 35.0 Å². The van der Waals surface area contributed by atoms with E-state index in [0.29, 0.717) is 12.0 Å². The predicted octanol–water partition coefficient (Wildman–Crippen LogP) is 3.77. The van der Waals surface area contributed by atoms with Gasteiger partial charge in [0.05, 0.1) is 5.71 Å². The zero-order valence-electron chi connectivity index (χ0n) is 15.0. The number of nitrogens with zero attached hydrogens (tertiary/aromatic N) is 1. The Balaban J connectivity index is 1.95. The Labute approximate surface area is 153 Å². The molecular weight excluding hydrogens is 334 g/mol. The molecule has 0 aliphatic heterocycles. The standard InChI is InChI=1S/C20H25NO5/c1-26-21-17-13-8-10-15(17)9-4-3-7-14-20(18(22)23,19(24)25)16-11-5-2-6-12-16/h2,5-6,10-12H,3-4,7-9,13-14H2,1H3,(H,22,23)(H,24,25). The lowest BCUT2D eigenvalue weighted by atomic mass is 9.76. The molecule has 0 saturated carbocycles. The van der Waals surface area contributed by atoms with Crippen LogP contribution in [0.3, 0.4) is 0 Å². The first-order valence-corrected chi connectivity index (χ1v) is 8.84. The van der Waals surface area contributed by atoms with Crippen molar-refractivity contribution in [3.63, 3.8) is 0 Å². The number of carboxylic acids is 2. The smallest absolute Gasteiger partial charge is 0.325 e. The molecule has 1 aromatic carbocycles. The van der Waals surface area contributed by atoms with E-state index in [0.717, 1.165) is 37.8 Å². The monoisotopic (exact) mass is 359 g/mol. The Morgan fingerprint density at radius 1 is 1.12 bits per heavy atom. The van der Waals surface area contributed by atoms with E-state index < -0.39 is 17.4 Å². The van der Waals surface area contributed by atoms with Crippen LogP contribution in [0.1, 0.15) is 50.5 Å². The highest BCUT2D eigenvalue weighted by molar-refractivity contribution is 6.04. The predicted molar refractivity (Wildman–Crippen MR) is 98.2 cm³/mol. The van der Waals surface area contributed by atoms with Crippen molar-refractivity contribution in [2.75, 3.05) is 7.11 Å². The fourth-order valence-corrected chi connectivity index (χ4v) is 3.42. The molecule has 6 heteroatoms. The van der Waals surface area contributed by atoms with Crippen LogP contribution in [0.15, 0.2) is 47.1 Å². The fourth-order valence-electron chi connectivity index (χ4n) is 3.42. The van der Waals surface area contributed by atoms with Crippen LogP contribution < -0.4 is 0 Å². The number of hydrogen-bond acceptors (Lipinski definition) is 4. The molecule has 0 radical (unpaired) electrons. The Kier molecular flexibility index (Phi) is 6.95. The van der Waals surface area contributed by atoms with Crippen LogP contribution in [0.4, 0.5) is 0 Å². The largest absolute Gasteiger partial charge is 0.480 e. The second-order valence-corrected chi connectivity index (χ2v) is 6.43. The van der Waals surface area contributed by atoms with Gasteiger partial charge in [0.1, 0.15) is 7.11 Å². The van der Waals surface area contributed by atoms with Crippen LogP contribution in [0.5, 0.6) is 0 Å². The second kappa shape index (κ2) is 9.17. The van der Waals surface area contributed by atoms with Crippen molar-refractivity contribution in [3.05, 3.63) is 47.5 Å². The van der Waals surface area contributed by atoms with Crippen LogP contribution in [0.25, 0.3) is 0 Å². The Morgan fingerprint density at radius 2 is 1.81 bits per heavy atom. The van der Waals surface area contributed by atoms with Crippen molar-refractivity contribution in [2.45, 2.75) is 50.4 Å². The van der Waals surface area contributed by atoms with Gasteiger partial charge in [0, 0.05) is 0 Å². The van der Waals surface area contributed by atoms with Gasteiger partial charge in [-0.15, -0.1) is 0 Å². The van der Waals surface area contributed by atoms with Gasteiger partial charge >= 0.3 is 11.9 Å². The van der Waals surface area contributed by atoms with Crippen LogP contribution in [-0.2, 0) is 19.8 Å². The highest BCUT2D eigenvalue weighted by Crippen LogP contribution is 2.32. The first-order chi connectivity index (χ1) is 12.5. The van der Waals surface area contributed by atoms with Crippen molar-refractivity contribution in [1.29, 1.82) is 0 Å². The lowest BCUT2D eigenvalue weighted by Gasteiger charge is -2.25. The highest BCUT2D eigenvalue weighted by Gasteiger charge is 2.47. The molecule has 0 saturated heterocycles. The van der Waals surface area contributed by atoms with Crippen molar-refractivity contribution >= 4 is 17.7 Å². The Bertz CT molecular complexity index is 679. The number of allylic oxidation sites excluding steroid dienone is 2. The Morgan fingerprint density at radius 3 is 2.42 bits per heavy atom. The molecule has 0 amide bonds. The lowest BCUT2D eigenvalue weighted by Crippen LogP contribution is -2.43. The minimum atomic E-state index is -1.89. The number of hydrogen-bond donors (Lipinski definition) is 2. The van der Waals surface area contributed by atoms with Crippen molar-refractivity contribution < 1.29 is 24.6 Å². The molecule has 140 valence electrons. The molecular formula is C20H25NO5. The van der Waals surface area contributed by atoms with Crippen molar-refractivity contribution in [2.24, 2.45) is 5.16 Å². The van der Waals surface area contributed by atoms with Crippen molar-refractivity contribution in [1.82, 2.24) is 0 Å². The summed E-state index contributed by atoms with van der Waals surface area (Å²) in [6.45, 7) is 0. The molecule has 6 nitrogen and oxygen atoms in total. The second-order valence-electron chi connectivity index (χ2n) is 6.43. The minimum Gasteiger partial charge on any atom is -0.480 e. The number of rotatable bonds is 10. The third-order valence-electron chi connectivity index (χ3n) is 4.84. The zero-order valence-corrected chi connectivity index (χ0v) is 15.0. The summed E-state index contributed by atoms with van der Waals surface area (Å²) in [5, 5.41) is 23.3. The van der Waals surface area contributed by atoms with Crippen molar-refractivity contribution in [3.8, 4) is 0 Å². The first-order valence-electron chi connectivity index (χ1n) is 8.84. The average molecular weight is 359 g/mol.